The summed E-state index contributed by atoms with van der Waals surface area (Å²) < 4.78 is 13.5. The Labute approximate surface area is 168 Å². The molecule has 148 valence electrons. The average molecular weight is 379 g/mol. The molecule has 5 atom stereocenters. The van der Waals surface area contributed by atoms with Gasteiger partial charge in [0.05, 0.1) is 0 Å². The molecule has 0 N–H and O–H groups in total. The first kappa shape index (κ1) is 18.3. The van der Waals surface area contributed by atoms with E-state index in [0.29, 0.717) is 24.0 Å². The number of carbonyl (C=O) groups is 1. The van der Waals surface area contributed by atoms with Gasteiger partial charge < -0.3 is 0 Å². The third-order valence-electron chi connectivity index (χ3n) is 9.42. The van der Waals surface area contributed by atoms with Gasteiger partial charge in [-0.3, -0.25) is 4.79 Å². The van der Waals surface area contributed by atoms with Crippen LogP contribution in [0.1, 0.15) is 71.3 Å². The van der Waals surface area contributed by atoms with Crippen LogP contribution in [0.5, 0.6) is 0 Å². The van der Waals surface area contributed by atoms with E-state index in [1.807, 2.05) is 18.2 Å². The van der Waals surface area contributed by atoms with Gasteiger partial charge in [0.2, 0.25) is 0 Å². The van der Waals surface area contributed by atoms with Crippen molar-refractivity contribution in [2.45, 2.75) is 71.1 Å². The molecule has 1 aromatic carbocycles. The molecular formula is C26H31FO. The highest BCUT2D eigenvalue weighted by Crippen LogP contribution is 2.68. The Kier molecular flexibility index (Phi) is 3.87. The van der Waals surface area contributed by atoms with Crippen molar-refractivity contribution in [2.75, 3.05) is 0 Å². The van der Waals surface area contributed by atoms with Crippen LogP contribution in [-0.2, 0) is 10.2 Å². The molecule has 2 saturated carbocycles. The Morgan fingerprint density at radius 2 is 1.75 bits per heavy atom. The number of ketones is 1. The van der Waals surface area contributed by atoms with Gasteiger partial charge in [0.25, 0.3) is 0 Å². The lowest BCUT2D eigenvalue weighted by Crippen LogP contribution is -2.48. The molecular weight excluding hydrogens is 347 g/mol. The average Bonchev–Trinajstić information content (AvgIpc) is 2.95. The number of halogens is 1. The highest BCUT2D eigenvalue weighted by atomic mass is 19.1. The van der Waals surface area contributed by atoms with Gasteiger partial charge in [-0.15, -0.1) is 0 Å². The molecule has 0 saturated heterocycles. The highest BCUT2D eigenvalue weighted by molar-refractivity contribution is 5.92. The number of allylic oxidation sites excluding steroid dienone is 4. The Morgan fingerprint density at radius 3 is 2.50 bits per heavy atom. The number of hydrogen-bond acceptors (Lipinski definition) is 1. The van der Waals surface area contributed by atoms with E-state index in [1.165, 1.54) is 30.4 Å². The van der Waals surface area contributed by atoms with Crippen LogP contribution in [0, 0.1) is 28.5 Å². The third kappa shape index (κ3) is 2.27. The zero-order valence-corrected chi connectivity index (χ0v) is 17.4. The minimum Gasteiger partial charge on any atom is -0.295 e. The summed E-state index contributed by atoms with van der Waals surface area (Å²) >= 11 is 0. The Bertz CT molecular complexity index is 894. The maximum atomic E-state index is 13.5. The standard InChI is InChI=1S/C26H31FO/c1-24-13-10-20(28)16-18(24)6-9-21-22(24)11-15-26(3)23(21)12-14-25(26,2)17-4-7-19(27)8-5-17/h4-5,7-8,11,16,21,23H,6,9-10,12-15H2,1-3H3/t21?,23-,24-,25+,26-/m0/s1. The van der Waals surface area contributed by atoms with Crippen molar-refractivity contribution >= 4 is 5.78 Å². The first-order valence-corrected chi connectivity index (χ1v) is 11.0. The summed E-state index contributed by atoms with van der Waals surface area (Å²) in [7, 11) is 0. The second-order valence-electron chi connectivity index (χ2n) is 10.4. The molecule has 0 heterocycles. The smallest absolute Gasteiger partial charge is 0.155 e. The normalized spacial score (nSPS) is 42.2. The van der Waals surface area contributed by atoms with Crippen molar-refractivity contribution in [1.82, 2.24) is 0 Å². The number of carbonyl (C=O) groups excluding carboxylic acids is 1. The molecule has 1 nitrogen and oxygen atoms in total. The Morgan fingerprint density at radius 1 is 1.00 bits per heavy atom. The molecule has 0 amide bonds. The van der Waals surface area contributed by atoms with E-state index in [2.05, 4.69) is 26.8 Å². The monoisotopic (exact) mass is 378 g/mol. The minimum atomic E-state index is -0.149. The maximum Gasteiger partial charge on any atom is 0.155 e. The Hall–Kier alpha value is -1.70. The largest absolute Gasteiger partial charge is 0.295 e. The predicted octanol–water partition coefficient (Wildman–Crippen LogP) is 6.54. The van der Waals surface area contributed by atoms with E-state index in [1.54, 1.807) is 17.7 Å². The summed E-state index contributed by atoms with van der Waals surface area (Å²) in [5.74, 6) is 1.48. The lowest BCUT2D eigenvalue weighted by molar-refractivity contribution is -0.115. The summed E-state index contributed by atoms with van der Waals surface area (Å²) in [4.78, 5) is 12.0. The fourth-order valence-corrected chi connectivity index (χ4v) is 7.40. The number of fused-ring (bicyclic) bond motifs is 5. The van der Waals surface area contributed by atoms with Crippen LogP contribution in [0.2, 0.25) is 0 Å². The second-order valence-corrected chi connectivity index (χ2v) is 10.4. The van der Waals surface area contributed by atoms with E-state index in [-0.39, 0.29) is 22.1 Å². The van der Waals surface area contributed by atoms with Gasteiger partial charge >= 0.3 is 0 Å². The van der Waals surface area contributed by atoms with Gasteiger partial charge in [-0.2, -0.15) is 0 Å². The van der Waals surface area contributed by atoms with E-state index in [4.69, 9.17) is 0 Å². The van der Waals surface area contributed by atoms with Gasteiger partial charge in [-0.25, -0.2) is 4.39 Å². The molecule has 0 bridgehead atoms. The van der Waals surface area contributed by atoms with E-state index in [0.717, 1.165) is 19.3 Å². The van der Waals surface area contributed by atoms with Crippen molar-refractivity contribution in [2.24, 2.45) is 22.7 Å². The zero-order chi connectivity index (χ0) is 19.7. The van der Waals surface area contributed by atoms with Crippen LogP contribution in [0.25, 0.3) is 0 Å². The van der Waals surface area contributed by atoms with Crippen LogP contribution in [0.15, 0.2) is 47.6 Å². The summed E-state index contributed by atoms with van der Waals surface area (Å²) in [6, 6.07) is 7.27. The first-order valence-electron chi connectivity index (χ1n) is 11.0. The van der Waals surface area contributed by atoms with Gasteiger partial charge in [-0.1, -0.05) is 50.1 Å². The molecule has 0 spiro atoms. The third-order valence-corrected chi connectivity index (χ3v) is 9.42. The van der Waals surface area contributed by atoms with Crippen molar-refractivity contribution in [1.29, 1.82) is 0 Å². The van der Waals surface area contributed by atoms with E-state index >= 15 is 0 Å². The fourth-order valence-electron chi connectivity index (χ4n) is 7.40. The van der Waals surface area contributed by atoms with Crippen LogP contribution in [-0.4, -0.2) is 5.78 Å². The molecule has 1 unspecified atom stereocenters. The molecule has 0 radical (unpaired) electrons. The lowest BCUT2D eigenvalue weighted by atomic mass is 9.49. The van der Waals surface area contributed by atoms with Crippen molar-refractivity contribution < 1.29 is 9.18 Å². The summed E-state index contributed by atoms with van der Waals surface area (Å²) in [5.41, 5.74) is 4.71. The van der Waals surface area contributed by atoms with Crippen LogP contribution < -0.4 is 0 Å². The van der Waals surface area contributed by atoms with Gasteiger partial charge in [0, 0.05) is 11.8 Å². The highest BCUT2D eigenvalue weighted by Gasteiger charge is 2.60. The van der Waals surface area contributed by atoms with Gasteiger partial charge in [0.15, 0.2) is 5.78 Å². The molecule has 1 aromatic rings. The van der Waals surface area contributed by atoms with Crippen LogP contribution in [0.4, 0.5) is 4.39 Å². The number of benzene rings is 1. The molecule has 2 heteroatoms. The van der Waals surface area contributed by atoms with Crippen LogP contribution >= 0.6 is 0 Å². The molecule has 0 aromatic heterocycles. The fraction of sp³-hybridized carbons (Fsp3) is 0.577. The van der Waals surface area contributed by atoms with Gasteiger partial charge in [-0.05, 0) is 85.0 Å². The number of hydrogen-bond donors (Lipinski definition) is 0. The van der Waals surface area contributed by atoms with Crippen LogP contribution in [0.3, 0.4) is 0 Å². The zero-order valence-electron chi connectivity index (χ0n) is 17.4. The maximum absolute atomic E-state index is 13.5. The second kappa shape index (κ2) is 5.90. The van der Waals surface area contributed by atoms with Crippen molar-refractivity contribution in [3.8, 4) is 0 Å². The molecule has 0 aliphatic heterocycles. The van der Waals surface area contributed by atoms with Crippen molar-refractivity contribution in [3.05, 3.63) is 58.9 Å². The van der Waals surface area contributed by atoms with Crippen molar-refractivity contribution in [3.63, 3.8) is 0 Å². The molecule has 5 rings (SSSR count). The predicted molar refractivity (Wildman–Crippen MR) is 110 cm³/mol. The Balaban J connectivity index is 1.56. The molecule has 28 heavy (non-hydrogen) atoms. The van der Waals surface area contributed by atoms with Gasteiger partial charge in [0.1, 0.15) is 5.82 Å². The number of rotatable bonds is 1. The minimum absolute atomic E-state index is 0.0902. The quantitative estimate of drug-likeness (QED) is 0.507. The molecule has 4 aliphatic carbocycles. The topological polar surface area (TPSA) is 17.1 Å². The summed E-state index contributed by atoms with van der Waals surface area (Å²) in [6.45, 7) is 7.29. The van der Waals surface area contributed by atoms with E-state index < -0.39 is 0 Å². The summed E-state index contributed by atoms with van der Waals surface area (Å²) in [5, 5.41) is 0. The van der Waals surface area contributed by atoms with E-state index in [9.17, 15) is 9.18 Å². The summed E-state index contributed by atoms with van der Waals surface area (Å²) in [6.07, 6.45) is 12.0. The molecule has 4 aliphatic rings. The lowest BCUT2D eigenvalue weighted by Gasteiger charge is -2.55. The SMILES string of the molecule is C[C@]12CCC(=O)C=C1CCC1C2=CC[C@@]2(C)[C@H]1CC[C@]2(C)c1ccc(F)cc1. The molecule has 2 fully saturated rings. The first-order chi connectivity index (χ1) is 13.3.